The van der Waals surface area contributed by atoms with Gasteiger partial charge in [0.05, 0.1) is 16.5 Å². The van der Waals surface area contributed by atoms with Crippen molar-refractivity contribution in [2.24, 2.45) is 5.92 Å². The molecule has 1 amide bonds. The van der Waals surface area contributed by atoms with E-state index in [1.807, 2.05) is 13.0 Å². The Balaban J connectivity index is 1.91. The number of likely N-dealkylation sites (tertiary alicyclic amines) is 1. The van der Waals surface area contributed by atoms with E-state index in [0.717, 1.165) is 13.0 Å². The summed E-state index contributed by atoms with van der Waals surface area (Å²) in [4.78, 5) is 13.5. The number of nitrogens with one attached hydrogen (secondary N) is 1. The van der Waals surface area contributed by atoms with Gasteiger partial charge in [0.15, 0.2) is 0 Å². The predicted octanol–water partition coefficient (Wildman–Crippen LogP) is 1.10. The summed E-state index contributed by atoms with van der Waals surface area (Å²) in [5, 5.41) is 8.72. The Labute approximate surface area is 130 Å². The number of rotatable bonds is 6. The summed E-state index contributed by atoms with van der Waals surface area (Å²) < 4.78 is 26.9. The second-order valence-corrected chi connectivity index (χ2v) is 7.30. The number of sulfonamides is 1. The van der Waals surface area contributed by atoms with Crippen molar-refractivity contribution in [1.29, 1.82) is 5.26 Å². The molecule has 22 heavy (non-hydrogen) atoms. The maximum Gasteiger partial charge on any atom is 0.240 e. The average molecular weight is 321 g/mol. The number of carbonyl (C=O) groups excluding carboxylic acids is 1. The standard InChI is InChI=1S/C15H19N3O3S/c1-12(11-18-8-2-3-15(18)19)10-17-22(20,21)14-6-4-13(9-16)5-7-14/h4-7,12,17H,2-3,8,10-11H2,1H3/t12-/m0/s1. The van der Waals surface area contributed by atoms with Crippen LogP contribution in [-0.4, -0.2) is 38.9 Å². The first kappa shape index (κ1) is 16.5. The van der Waals surface area contributed by atoms with Crippen molar-refractivity contribution >= 4 is 15.9 Å². The molecule has 1 aromatic rings. The summed E-state index contributed by atoms with van der Waals surface area (Å²) in [7, 11) is -3.59. The lowest BCUT2D eigenvalue weighted by Gasteiger charge is -2.21. The van der Waals surface area contributed by atoms with E-state index in [9.17, 15) is 13.2 Å². The predicted molar refractivity (Wildman–Crippen MR) is 81.3 cm³/mol. The molecule has 2 rings (SSSR count). The van der Waals surface area contributed by atoms with E-state index in [1.54, 1.807) is 4.90 Å². The molecule has 0 aliphatic carbocycles. The maximum atomic E-state index is 12.2. The summed E-state index contributed by atoms with van der Waals surface area (Å²) in [6, 6.07) is 7.72. The summed E-state index contributed by atoms with van der Waals surface area (Å²) in [5.74, 6) is 0.178. The van der Waals surface area contributed by atoms with Crippen molar-refractivity contribution < 1.29 is 13.2 Å². The molecule has 1 aliphatic heterocycles. The molecular weight excluding hydrogens is 302 g/mol. The smallest absolute Gasteiger partial charge is 0.240 e. The van der Waals surface area contributed by atoms with Crippen molar-refractivity contribution in [1.82, 2.24) is 9.62 Å². The van der Waals surface area contributed by atoms with E-state index in [-0.39, 0.29) is 23.3 Å². The number of hydrogen-bond donors (Lipinski definition) is 1. The minimum Gasteiger partial charge on any atom is -0.342 e. The Bertz CT molecular complexity index is 677. The Kier molecular flexibility index (Phi) is 5.16. The molecular formula is C15H19N3O3S. The highest BCUT2D eigenvalue weighted by Crippen LogP contribution is 2.13. The van der Waals surface area contributed by atoms with Crippen molar-refractivity contribution in [3.8, 4) is 6.07 Å². The zero-order valence-corrected chi connectivity index (χ0v) is 13.3. The van der Waals surface area contributed by atoms with Crippen LogP contribution in [0.15, 0.2) is 29.2 Å². The molecule has 0 radical (unpaired) electrons. The van der Waals surface area contributed by atoms with Gasteiger partial charge in [0.2, 0.25) is 15.9 Å². The molecule has 1 atom stereocenters. The van der Waals surface area contributed by atoms with Crippen LogP contribution in [0.4, 0.5) is 0 Å². The molecule has 1 heterocycles. The maximum absolute atomic E-state index is 12.2. The van der Waals surface area contributed by atoms with Crippen molar-refractivity contribution in [2.45, 2.75) is 24.7 Å². The molecule has 1 saturated heterocycles. The quantitative estimate of drug-likeness (QED) is 0.849. The molecule has 118 valence electrons. The molecule has 1 aromatic carbocycles. The van der Waals surface area contributed by atoms with E-state index in [2.05, 4.69) is 4.72 Å². The lowest BCUT2D eigenvalue weighted by molar-refractivity contribution is -0.128. The zero-order valence-electron chi connectivity index (χ0n) is 12.4. The van der Waals surface area contributed by atoms with Crippen LogP contribution in [0.3, 0.4) is 0 Å². The number of benzene rings is 1. The Morgan fingerprint density at radius 3 is 2.59 bits per heavy atom. The van der Waals surface area contributed by atoms with E-state index < -0.39 is 10.0 Å². The Morgan fingerprint density at radius 2 is 2.05 bits per heavy atom. The molecule has 0 unspecified atom stereocenters. The fourth-order valence-corrected chi connectivity index (χ4v) is 3.55. The summed E-state index contributed by atoms with van der Waals surface area (Å²) >= 11 is 0. The van der Waals surface area contributed by atoms with Gasteiger partial charge in [0.1, 0.15) is 0 Å². The number of nitrogens with zero attached hydrogens (tertiary/aromatic N) is 2. The topological polar surface area (TPSA) is 90.3 Å². The fourth-order valence-electron chi connectivity index (χ4n) is 2.38. The van der Waals surface area contributed by atoms with Gasteiger partial charge in [-0.05, 0) is 36.6 Å². The summed E-state index contributed by atoms with van der Waals surface area (Å²) in [6.07, 6.45) is 1.46. The number of hydrogen-bond acceptors (Lipinski definition) is 4. The van der Waals surface area contributed by atoms with E-state index in [4.69, 9.17) is 5.26 Å². The normalized spacial score (nSPS) is 16.5. The van der Waals surface area contributed by atoms with Gasteiger partial charge in [0, 0.05) is 26.1 Å². The van der Waals surface area contributed by atoms with Gasteiger partial charge >= 0.3 is 0 Å². The second-order valence-electron chi connectivity index (χ2n) is 5.54. The SMILES string of the molecule is C[C@@H](CNS(=O)(=O)c1ccc(C#N)cc1)CN1CCCC1=O. The average Bonchev–Trinajstić information content (AvgIpc) is 2.90. The van der Waals surface area contributed by atoms with Crippen LogP contribution in [-0.2, 0) is 14.8 Å². The lowest BCUT2D eigenvalue weighted by atomic mass is 10.2. The van der Waals surface area contributed by atoms with E-state index in [0.29, 0.717) is 18.5 Å². The number of nitriles is 1. The van der Waals surface area contributed by atoms with Crippen LogP contribution in [0.25, 0.3) is 0 Å². The van der Waals surface area contributed by atoms with E-state index >= 15 is 0 Å². The number of amides is 1. The van der Waals surface area contributed by atoms with Crippen LogP contribution in [0.1, 0.15) is 25.3 Å². The molecule has 6 nitrogen and oxygen atoms in total. The fraction of sp³-hybridized carbons (Fsp3) is 0.467. The molecule has 1 fully saturated rings. The van der Waals surface area contributed by atoms with Gasteiger partial charge in [-0.25, -0.2) is 13.1 Å². The van der Waals surface area contributed by atoms with Crippen LogP contribution in [0.5, 0.6) is 0 Å². The third kappa shape index (κ3) is 4.06. The van der Waals surface area contributed by atoms with Crippen molar-refractivity contribution in [2.75, 3.05) is 19.6 Å². The molecule has 0 spiro atoms. The van der Waals surface area contributed by atoms with Gasteiger partial charge in [-0.15, -0.1) is 0 Å². The third-order valence-corrected chi connectivity index (χ3v) is 5.06. The molecule has 0 saturated carbocycles. The monoisotopic (exact) mass is 321 g/mol. The lowest BCUT2D eigenvalue weighted by Crippen LogP contribution is -2.36. The first-order valence-corrected chi connectivity index (χ1v) is 8.68. The van der Waals surface area contributed by atoms with Crippen molar-refractivity contribution in [3.63, 3.8) is 0 Å². The van der Waals surface area contributed by atoms with Crippen LogP contribution in [0, 0.1) is 17.2 Å². The highest BCUT2D eigenvalue weighted by molar-refractivity contribution is 7.89. The van der Waals surface area contributed by atoms with Crippen LogP contribution in [0.2, 0.25) is 0 Å². The van der Waals surface area contributed by atoms with Gasteiger partial charge in [-0.3, -0.25) is 4.79 Å². The zero-order chi connectivity index (χ0) is 16.2. The van der Waals surface area contributed by atoms with E-state index in [1.165, 1.54) is 24.3 Å². The van der Waals surface area contributed by atoms with Gasteiger partial charge in [0.25, 0.3) is 0 Å². The van der Waals surface area contributed by atoms with Crippen LogP contribution >= 0.6 is 0 Å². The molecule has 7 heteroatoms. The van der Waals surface area contributed by atoms with Gasteiger partial charge in [-0.1, -0.05) is 6.92 Å². The first-order chi connectivity index (χ1) is 10.4. The largest absolute Gasteiger partial charge is 0.342 e. The van der Waals surface area contributed by atoms with Gasteiger partial charge in [-0.2, -0.15) is 5.26 Å². The first-order valence-electron chi connectivity index (χ1n) is 7.20. The highest BCUT2D eigenvalue weighted by atomic mass is 32.2. The second kappa shape index (κ2) is 6.90. The van der Waals surface area contributed by atoms with Gasteiger partial charge < -0.3 is 4.90 Å². The minimum atomic E-state index is -3.59. The van der Waals surface area contributed by atoms with Crippen LogP contribution < -0.4 is 4.72 Å². The minimum absolute atomic E-state index is 0.0372. The van der Waals surface area contributed by atoms with Crippen molar-refractivity contribution in [3.05, 3.63) is 29.8 Å². The summed E-state index contributed by atoms with van der Waals surface area (Å²) in [6.45, 7) is 3.50. The molecule has 1 aliphatic rings. The third-order valence-electron chi connectivity index (χ3n) is 3.62. The Morgan fingerprint density at radius 1 is 1.36 bits per heavy atom. The highest BCUT2D eigenvalue weighted by Gasteiger charge is 2.22. The molecule has 0 aromatic heterocycles. The summed E-state index contributed by atoms with van der Waals surface area (Å²) in [5.41, 5.74) is 0.417. The number of carbonyl (C=O) groups is 1. The molecule has 1 N–H and O–H groups in total. The Hall–Kier alpha value is -1.91. The molecule has 0 bridgehead atoms.